The van der Waals surface area contributed by atoms with E-state index in [-0.39, 0.29) is 18.3 Å². The molecular formula is C11H8BrFN2OS. The average Bonchev–Trinajstić information content (AvgIpc) is 2.83. The normalized spacial score (nSPS) is 10.2. The molecule has 1 aromatic heterocycles. The third-order valence-corrected chi connectivity index (χ3v) is 3.47. The van der Waals surface area contributed by atoms with Crippen molar-refractivity contribution in [2.75, 3.05) is 0 Å². The lowest BCUT2D eigenvalue weighted by Gasteiger charge is -2.06. The standard InChI is InChI=1S/C11H8BrFN2OS/c12-9-2-1-8(13)3-7(9)4-14-11(16)10-5-17-6-15-10/h1-3,5-6H,4H2,(H,14,16). The molecule has 0 atom stereocenters. The molecule has 2 aromatic rings. The SMILES string of the molecule is O=C(NCc1cc(F)ccc1Br)c1cscn1. The van der Waals surface area contributed by atoms with Crippen LogP contribution in [0.5, 0.6) is 0 Å². The Morgan fingerprint density at radius 2 is 2.35 bits per heavy atom. The molecule has 0 saturated carbocycles. The van der Waals surface area contributed by atoms with Gasteiger partial charge in [-0.3, -0.25) is 4.79 Å². The van der Waals surface area contributed by atoms with Gasteiger partial charge in [-0.2, -0.15) is 0 Å². The summed E-state index contributed by atoms with van der Waals surface area (Å²) in [5.41, 5.74) is 2.66. The zero-order valence-electron chi connectivity index (χ0n) is 8.61. The Morgan fingerprint density at radius 1 is 1.53 bits per heavy atom. The Kier molecular flexibility index (Phi) is 3.86. The van der Waals surface area contributed by atoms with E-state index in [2.05, 4.69) is 26.2 Å². The van der Waals surface area contributed by atoms with Crippen molar-refractivity contribution in [2.45, 2.75) is 6.54 Å². The molecule has 0 radical (unpaired) electrons. The maximum atomic E-state index is 13.0. The number of amides is 1. The fourth-order valence-corrected chi connectivity index (χ4v) is 2.19. The monoisotopic (exact) mass is 314 g/mol. The lowest BCUT2D eigenvalue weighted by atomic mass is 10.2. The van der Waals surface area contributed by atoms with E-state index in [0.29, 0.717) is 11.3 Å². The van der Waals surface area contributed by atoms with Crippen molar-refractivity contribution >= 4 is 33.2 Å². The van der Waals surface area contributed by atoms with Crippen LogP contribution in [0.15, 0.2) is 33.6 Å². The molecule has 3 nitrogen and oxygen atoms in total. The van der Waals surface area contributed by atoms with Crippen molar-refractivity contribution in [3.63, 3.8) is 0 Å². The molecular weight excluding hydrogens is 307 g/mol. The van der Waals surface area contributed by atoms with Crippen molar-refractivity contribution < 1.29 is 9.18 Å². The number of nitrogens with one attached hydrogen (secondary N) is 1. The quantitative estimate of drug-likeness (QED) is 0.946. The highest BCUT2D eigenvalue weighted by molar-refractivity contribution is 9.10. The first-order chi connectivity index (χ1) is 8.16. The minimum absolute atomic E-state index is 0.259. The third kappa shape index (κ3) is 3.10. The van der Waals surface area contributed by atoms with Gasteiger partial charge in [0.15, 0.2) is 0 Å². The van der Waals surface area contributed by atoms with Gasteiger partial charge in [-0.05, 0) is 23.8 Å². The highest BCUT2D eigenvalue weighted by Gasteiger charge is 2.08. The number of nitrogens with zero attached hydrogens (tertiary/aromatic N) is 1. The van der Waals surface area contributed by atoms with E-state index in [1.165, 1.54) is 23.5 Å². The van der Waals surface area contributed by atoms with Crippen LogP contribution in [-0.4, -0.2) is 10.9 Å². The van der Waals surface area contributed by atoms with Crippen molar-refractivity contribution in [1.29, 1.82) is 0 Å². The molecule has 88 valence electrons. The summed E-state index contributed by atoms with van der Waals surface area (Å²) in [5.74, 6) is -0.589. The lowest BCUT2D eigenvalue weighted by molar-refractivity contribution is 0.0946. The van der Waals surface area contributed by atoms with E-state index in [1.54, 1.807) is 17.0 Å². The van der Waals surface area contributed by atoms with Gasteiger partial charge in [0.2, 0.25) is 0 Å². The van der Waals surface area contributed by atoms with E-state index < -0.39 is 0 Å². The fraction of sp³-hybridized carbons (Fsp3) is 0.0909. The highest BCUT2D eigenvalue weighted by Crippen LogP contribution is 2.17. The number of aromatic nitrogens is 1. The maximum Gasteiger partial charge on any atom is 0.271 e. The van der Waals surface area contributed by atoms with Crippen LogP contribution in [-0.2, 0) is 6.54 Å². The molecule has 0 aliphatic rings. The summed E-state index contributed by atoms with van der Waals surface area (Å²) < 4.78 is 13.8. The number of halogens is 2. The lowest BCUT2D eigenvalue weighted by Crippen LogP contribution is -2.23. The number of hydrogen-bond donors (Lipinski definition) is 1. The summed E-state index contributed by atoms with van der Waals surface area (Å²) in [6.07, 6.45) is 0. The molecule has 6 heteroatoms. The molecule has 0 bridgehead atoms. The summed E-state index contributed by atoms with van der Waals surface area (Å²) in [6, 6.07) is 4.35. The number of rotatable bonds is 3. The molecule has 0 aliphatic heterocycles. The number of hydrogen-bond acceptors (Lipinski definition) is 3. The van der Waals surface area contributed by atoms with Crippen LogP contribution in [0, 0.1) is 5.82 Å². The van der Waals surface area contributed by atoms with Crippen LogP contribution >= 0.6 is 27.3 Å². The van der Waals surface area contributed by atoms with Crippen LogP contribution in [0.4, 0.5) is 4.39 Å². The van der Waals surface area contributed by atoms with E-state index in [9.17, 15) is 9.18 Å². The summed E-state index contributed by atoms with van der Waals surface area (Å²) in [7, 11) is 0. The Balaban J connectivity index is 2.03. The molecule has 0 spiro atoms. The van der Waals surface area contributed by atoms with Gasteiger partial charge in [-0.1, -0.05) is 15.9 Å². The first-order valence-corrected chi connectivity index (χ1v) is 6.50. The summed E-state index contributed by atoms with van der Waals surface area (Å²) in [4.78, 5) is 15.5. The predicted octanol–water partition coefficient (Wildman–Crippen LogP) is 2.97. The molecule has 1 heterocycles. The molecule has 2 rings (SSSR count). The predicted molar refractivity (Wildman–Crippen MR) is 67.4 cm³/mol. The van der Waals surface area contributed by atoms with Gasteiger partial charge in [0.1, 0.15) is 11.5 Å². The Morgan fingerprint density at radius 3 is 3.06 bits per heavy atom. The Hall–Kier alpha value is -1.27. The maximum absolute atomic E-state index is 13.0. The molecule has 0 saturated heterocycles. The second-order valence-electron chi connectivity index (χ2n) is 3.29. The molecule has 0 unspecified atom stereocenters. The Labute approximate surface area is 110 Å². The summed E-state index contributed by atoms with van der Waals surface area (Å²) >= 11 is 4.65. The molecule has 1 amide bonds. The van der Waals surface area contributed by atoms with E-state index >= 15 is 0 Å². The van der Waals surface area contributed by atoms with Gasteiger partial charge in [0.05, 0.1) is 5.51 Å². The number of carbonyl (C=O) groups is 1. The average molecular weight is 315 g/mol. The van der Waals surface area contributed by atoms with Gasteiger partial charge in [-0.25, -0.2) is 9.37 Å². The zero-order chi connectivity index (χ0) is 12.3. The third-order valence-electron chi connectivity index (χ3n) is 2.11. The van der Waals surface area contributed by atoms with Gasteiger partial charge >= 0.3 is 0 Å². The van der Waals surface area contributed by atoms with E-state index in [0.717, 1.165) is 4.47 Å². The molecule has 1 aromatic carbocycles. The van der Waals surface area contributed by atoms with Crippen LogP contribution in [0.25, 0.3) is 0 Å². The highest BCUT2D eigenvalue weighted by atomic mass is 79.9. The molecule has 1 N–H and O–H groups in total. The first kappa shape index (κ1) is 12.2. The van der Waals surface area contributed by atoms with Gasteiger partial charge in [0, 0.05) is 16.4 Å². The smallest absolute Gasteiger partial charge is 0.271 e. The zero-order valence-corrected chi connectivity index (χ0v) is 11.0. The van der Waals surface area contributed by atoms with Crippen LogP contribution < -0.4 is 5.32 Å². The fourth-order valence-electron chi connectivity index (χ4n) is 1.27. The molecule has 0 fully saturated rings. The number of thiazole rings is 1. The van der Waals surface area contributed by atoms with E-state index in [4.69, 9.17) is 0 Å². The van der Waals surface area contributed by atoms with Crippen molar-refractivity contribution in [3.05, 3.63) is 50.6 Å². The van der Waals surface area contributed by atoms with Gasteiger partial charge in [0.25, 0.3) is 5.91 Å². The van der Waals surface area contributed by atoms with Crippen LogP contribution in [0.1, 0.15) is 16.1 Å². The van der Waals surface area contributed by atoms with Crippen molar-refractivity contribution in [2.24, 2.45) is 0 Å². The van der Waals surface area contributed by atoms with Crippen LogP contribution in [0.3, 0.4) is 0 Å². The second-order valence-corrected chi connectivity index (χ2v) is 4.87. The second kappa shape index (κ2) is 5.37. The van der Waals surface area contributed by atoms with Crippen molar-refractivity contribution in [1.82, 2.24) is 10.3 Å². The van der Waals surface area contributed by atoms with Crippen LogP contribution in [0.2, 0.25) is 0 Å². The Bertz CT molecular complexity index is 530. The van der Waals surface area contributed by atoms with Gasteiger partial charge < -0.3 is 5.32 Å². The topological polar surface area (TPSA) is 42.0 Å². The first-order valence-electron chi connectivity index (χ1n) is 4.77. The number of benzene rings is 1. The minimum Gasteiger partial charge on any atom is -0.347 e. The number of carbonyl (C=O) groups excluding carboxylic acids is 1. The molecule has 0 aliphatic carbocycles. The summed E-state index contributed by atoms with van der Waals surface area (Å²) in [6.45, 7) is 0.259. The van der Waals surface area contributed by atoms with E-state index in [1.807, 2.05) is 0 Å². The largest absolute Gasteiger partial charge is 0.347 e. The molecule has 17 heavy (non-hydrogen) atoms. The summed E-state index contributed by atoms with van der Waals surface area (Å²) in [5, 5.41) is 4.34. The van der Waals surface area contributed by atoms with Gasteiger partial charge in [-0.15, -0.1) is 11.3 Å². The van der Waals surface area contributed by atoms with Crippen molar-refractivity contribution in [3.8, 4) is 0 Å². The minimum atomic E-state index is -0.328.